The van der Waals surface area contributed by atoms with Gasteiger partial charge in [0.2, 0.25) is 0 Å². The average Bonchev–Trinajstić information content (AvgIpc) is 3.22. The van der Waals surface area contributed by atoms with E-state index in [0.717, 1.165) is 44.8 Å². The molecule has 26 heavy (non-hydrogen) atoms. The third-order valence-corrected chi connectivity index (χ3v) is 5.29. The zero-order valence-corrected chi connectivity index (χ0v) is 15.0. The van der Waals surface area contributed by atoms with Crippen molar-refractivity contribution in [1.29, 1.82) is 0 Å². The SMILES string of the molecule is O=C(NC1CCCC1)c1cnc(N2CCN(c3ccccc3)CC2)cn1. The molecule has 1 amide bonds. The third-order valence-electron chi connectivity index (χ3n) is 5.29. The summed E-state index contributed by atoms with van der Waals surface area (Å²) in [5.41, 5.74) is 1.67. The Bertz CT molecular complexity index is 720. The highest BCUT2D eigenvalue weighted by atomic mass is 16.1. The Balaban J connectivity index is 1.33. The summed E-state index contributed by atoms with van der Waals surface area (Å²) < 4.78 is 0. The van der Waals surface area contributed by atoms with E-state index >= 15 is 0 Å². The van der Waals surface area contributed by atoms with Crippen LogP contribution < -0.4 is 15.1 Å². The Morgan fingerprint density at radius 2 is 1.62 bits per heavy atom. The van der Waals surface area contributed by atoms with Gasteiger partial charge in [0.15, 0.2) is 0 Å². The molecule has 1 N–H and O–H groups in total. The highest BCUT2D eigenvalue weighted by Gasteiger charge is 2.21. The summed E-state index contributed by atoms with van der Waals surface area (Å²) in [5.74, 6) is 0.736. The number of hydrogen-bond donors (Lipinski definition) is 1. The second-order valence-corrected chi connectivity index (χ2v) is 7.02. The summed E-state index contributed by atoms with van der Waals surface area (Å²) in [6, 6.07) is 10.8. The molecule has 0 radical (unpaired) electrons. The molecular weight excluding hydrogens is 326 g/mol. The standard InChI is InChI=1S/C20H25N5O/c26-20(23-16-6-4-5-7-16)18-14-22-19(15-21-18)25-12-10-24(11-13-25)17-8-2-1-3-9-17/h1-3,8-9,14-16H,4-7,10-13H2,(H,23,26). The Kier molecular flexibility index (Phi) is 5.00. The summed E-state index contributed by atoms with van der Waals surface area (Å²) in [7, 11) is 0. The van der Waals surface area contributed by atoms with E-state index in [2.05, 4.69) is 49.4 Å². The molecule has 0 spiro atoms. The molecule has 4 rings (SSSR count). The van der Waals surface area contributed by atoms with Gasteiger partial charge in [-0.2, -0.15) is 0 Å². The minimum absolute atomic E-state index is 0.107. The van der Waals surface area contributed by atoms with Gasteiger partial charge in [-0.3, -0.25) is 4.79 Å². The van der Waals surface area contributed by atoms with Crippen LogP contribution in [0.2, 0.25) is 0 Å². The molecule has 1 aromatic carbocycles. The van der Waals surface area contributed by atoms with Crippen LogP contribution in [0, 0.1) is 0 Å². The van der Waals surface area contributed by atoms with Crippen LogP contribution in [0.1, 0.15) is 36.2 Å². The minimum atomic E-state index is -0.107. The first-order valence-electron chi connectivity index (χ1n) is 9.47. The minimum Gasteiger partial charge on any atom is -0.368 e. The van der Waals surface area contributed by atoms with Gasteiger partial charge in [0.1, 0.15) is 11.5 Å². The number of benzene rings is 1. The summed E-state index contributed by atoms with van der Waals surface area (Å²) in [4.78, 5) is 25.7. The predicted octanol–water partition coefficient (Wildman–Crippen LogP) is 2.48. The Labute approximate surface area is 154 Å². The van der Waals surface area contributed by atoms with Crippen molar-refractivity contribution in [1.82, 2.24) is 15.3 Å². The van der Waals surface area contributed by atoms with Crippen molar-refractivity contribution in [2.75, 3.05) is 36.0 Å². The van der Waals surface area contributed by atoms with Crippen LogP contribution >= 0.6 is 0 Å². The zero-order valence-electron chi connectivity index (χ0n) is 15.0. The normalized spacial score (nSPS) is 18.2. The molecule has 1 saturated carbocycles. The number of piperazine rings is 1. The fourth-order valence-electron chi connectivity index (χ4n) is 3.76. The van der Waals surface area contributed by atoms with E-state index in [4.69, 9.17) is 0 Å². The van der Waals surface area contributed by atoms with Crippen LogP contribution in [0.4, 0.5) is 11.5 Å². The number of hydrogen-bond acceptors (Lipinski definition) is 5. The molecule has 2 fully saturated rings. The van der Waals surface area contributed by atoms with Gasteiger partial charge in [-0.1, -0.05) is 31.0 Å². The maximum Gasteiger partial charge on any atom is 0.271 e. The highest BCUT2D eigenvalue weighted by molar-refractivity contribution is 5.92. The topological polar surface area (TPSA) is 61.4 Å². The number of nitrogens with one attached hydrogen (secondary N) is 1. The van der Waals surface area contributed by atoms with Crippen molar-refractivity contribution in [2.24, 2.45) is 0 Å². The molecule has 0 atom stereocenters. The Morgan fingerprint density at radius 3 is 2.27 bits per heavy atom. The maximum atomic E-state index is 12.3. The van der Waals surface area contributed by atoms with E-state index < -0.39 is 0 Å². The van der Waals surface area contributed by atoms with E-state index in [1.54, 1.807) is 12.4 Å². The lowest BCUT2D eigenvalue weighted by atomic mass is 10.2. The average molecular weight is 351 g/mol. The highest BCUT2D eigenvalue weighted by Crippen LogP contribution is 2.19. The maximum absolute atomic E-state index is 12.3. The number of rotatable bonds is 4. The first-order chi connectivity index (χ1) is 12.8. The summed E-state index contributed by atoms with van der Waals surface area (Å²) in [6.45, 7) is 3.71. The molecule has 1 aliphatic heterocycles. The Morgan fingerprint density at radius 1 is 0.923 bits per heavy atom. The molecular formula is C20H25N5O. The number of carbonyl (C=O) groups excluding carboxylic acids is 1. The van der Waals surface area contributed by atoms with Crippen molar-refractivity contribution in [3.05, 3.63) is 48.4 Å². The number of nitrogens with zero attached hydrogens (tertiary/aromatic N) is 4. The number of aromatic nitrogens is 2. The molecule has 0 unspecified atom stereocenters. The van der Waals surface area contributed by atoms with Gasteiger partial charge in [0, 0.05) is 37.9 Å². The van der Waals surface area contributed by atoms with Crippen molar-refractivity contribution in [3.63, 3.8) is 0 Å². The largest absolute Gasteiger partial charge is 0.368 e. The summed E-state index contributed by atoms with van der Waals surface area (Å²) in [6.07, 6.45) is 7.87. The van der Waals surface area contributed by atoms with Crippen LogP contribution in [-0.4, -0.2) is 48.1 Å². The van der Waals surface area contributed by atoms with E-state index in [0.29, 0.717) is 11.7 Å². The smallest absolute Gasteiger partial charge is 0.271 e. The van der Waals surface area contributed by atoms with Gasteiger partial charge in [-0.15, -0.1) is 0 Å². The van der Waals surface area contributed by atoms with Crippen molar-refractivity contribution in [3.8, 4) is 0 Å². The molecule has 0 bridgehead atoms. The lowest BCUT2D eigenvalue weighted by Gasteiger charge is -2.36. The molecule has 136 valence electrons. The summed E-state index contributed by atoms with van der Waals surface area (Å²) >= 11 is 0. The number of para-hydroxylation sites is 1. The third kappa shape index (κ3) is 3.79. The van der Waals surface area contributed by atoms with Crippen LogP contribution in [-0.2, 0) is 0 Å². The quantitative estimate of drug-likeness (QED) is 0.917. The fraction of sp³-hybridized carbons (Fsp3) is 0.450. The molecule has 2 aromatic rings. The first kappa shape index (κ1) is 16.8. The lowest BCUT2D eigenvalue weighted by molar-refractivity contribution is 0.0932. The molecule has 1 aromatic heterocycles. The van der Waals surface area contributed by atoms with Gasteiger partial charge in [0.25, 0.3) is 5.91 Å². The lowest BCUT2D eigenvalue weighted by Crippen LogP contribution is -2.46. The van der Waals surface area contributed by atoms with Gasteiger partial charge in [0.05, 0.1) is 12.4 Å². The van der Waals surface area contributed by atoms with Gasteiger partial charge >= 0.3 is 0 Å². The number of carbonyl (C=O) groups is 1. The van der Waals surface area contributed by atoms with E-state index in [-0.39, 0.29) is 5.91 Å². The van der Waals surface area contributed by atoms with E-state index in [1.807, 2.05) is 6.07 Å². The van der Waals surface area contributed by atoms with Crippen LogP contribution in [0.5, 0.6) is 0 Å². The van der Waals surface area contributed by atoms with Crippen molar-refractivity contribution >= 4 is 17.4 Å². The van der Waals surface area contributed by atoms with Gasteiger partial charge in [-0.05, 0) is 25.0 Å². The molecule has 2 heterocycles. The molecule has 1 saturated heterocycles. The molecule has 2 aliphatic rings. The van der Waals surface area contributed by atoms with Gasteiger partial charge in [-0.25, -0.2) is 9.97 Å². The fourth-order valence-corrected chi connectivity index (χ4v) is 3.76. The van der Waals surface area contributed by atoms with Crippen LogP contribution in [0.3, 0.4) is 0 Å². The van der Waals surface area contributed by atoms with Crippen molar-refractivity contribution < 1.29 is 4.79 Å². The number of amides is 1. The molecule has 6 heteroatoms. The zero-order chi connectivity index (χ0) is 17.8. The second kappa shape index (κ2) is 7.72. The van der Waals surface area contributed by atoms with E-state index in [1.165, 1.54) is 18.5 Å². The van der Waals surface area contributed by atoms with Gasteiger partial charge < -0.3 is 15.1 Å². The van der Waals surface area contributed by atoms with E-state index in [9.17, 15) is 4.79 Å². The molecule has 6 nitrogen and oxygen atoms in total. The van der Waals surface area contributed by atoms with Crippen LogP contribution in [0.25, 0.3) is 0 Å². The number of anilines is 2. The second-order valence-electron chi connectivity index (χ2n) is 7.02. The monoisotopic (exact) mass is 351 g/mol. The van der Waals surface area contributed by atoms with Crippen molar-refractivity contribution in [2.45, 2.75) is 31.7 Å². The molecule has 1 aliphatic carbocycles. The van der Waals surface area contributed by atoms with Crippen LogP contribution in [0.15, 0.2) is 42.7 Å². The summed E-state index contributed by atoms with van der Waals surface area (Å²) in [5, 5.41) is 3.06. The Hall–Kier alpha value is -2.63. The predicted molar refractivity (Wildman–Crippen MR) is 103 cm³/mol. The first-order valence-corrected chi connectivity index (χ1v) is 9.47.